The van der Waals surface area contributed by atoms with Crippen LogP contribution < -0.4 is 5.32 Å². The van der Waals surface area contributed by atoms with Crippen molar-refractivity contribution >= 4 is 23.5 Å². The normalized spacial score (nSPS) is 10.2. The van der Waals surface area contributed by atoms with Gasteiger partial charge in [-0.3, -0.25) is 9.89 Å². The summed E-state index contributed by atoms with van der Waals surface area (Å²) in [6, 6.07) is 4.21. The van der Waals surface area contributed by atoms with E-state index >= 15 is 0 Å². The number of carbonyl (C=O) groups excluding carboxylic acids is 3. The van der Waals surface area contributed by atoms with Gasteiger partial charge >= 0.3 is 11.9 Å². The summed E-state index contributed by atoms with van der Waals surface area (Å²) in [5.41, 5.74) is 2.83. The van der Waals surface area contributed by atoms with Gasteiger partial charge in [0.2, 0.25) is 5.91 Å². The van der Waals surface area contributed by atoms with Crippen molar-refractivity contribution in [3.05, 3.63) is 46.3 Å². The number of hydrogen-bond acceptors (Lipinski definition) is 6. The first-order chi connectivity index (χ1) is 11.9. The lowest BCUT2D eigenvalue weighted by Gasteiger charge is -2.11. The molecule has 1 heterocycles. The summed E-state index contributed by atoms with van der Waals surface area (Å²) in [4.78, 5) is 35.9. The molecule has 0 aliphatic rings. The second kappa shape index (κ2) is 7.61. The van der Waals surface area contributed by atoms with Gasteiger partial charge in [0.15, 0.2) is 0 Å². The lowest BCUT2D eigenvalue weighted by molar-refractivity contribution is -0.115. The number of carbonyl (C=O) groups is 3. The van der Waals surface area contributed by atoms with Gasteiger partial charge in [0.05, 0.1) is 43.1 Å². The number of rotatable bonds is 5. The van der Waals surface area contributed by atoms with Crippen molar-refractivity contribution in [2.75, 3.05) is 19.5 Å². The first kappa shape index (κ1) is 18.2. The molecular weight excluding hydrogens is 326 g/mol. The number of nitrogens with one attached hydrogen (secondary N) is 2. The summed E-state index contributed by atoms with van der Waals surface area (Å²) in [5.74, 6) is -1.55. The zero-order valence-electron chi connectivity index (χ0n) is 14.4. The molecule has 132 valence electrons. The minimum Gasteiger partial charge on any atom is -0.465 e. The number of hydrogen-bond donors (Lipinski definition) is 2. The quantitative estimate of drug-likeness (QED) is 0.799. The molecule has 1 amide bonds. The van der Waals surface area contributed by atoms with E-state index in [1.807, 2.05) is 6.92 Å². The Balaban J connectivity index is 2.30. The molecule has 0 saturated heterocycles. The van der Waals surface area contributed by atoms with E-state index in [-0.39, 0.29) is 29.1 Å². The number of aromatic amines is 1. The SMILES string of the molecule is COC(=O)c1ccc(C(=O)OC)c(NC(=O)Cc2c(C)n[nH]c2C)c1. The van der Waals surface area contributed by atoms with Crippen LogP contribution >= 0.6 is 0 Å². The topological polar surface area (TPSA) is 110 Å². The van der Waals surface area contributed by atoms with E-state index in [0.717, 1.165) is 17.0 Å². The number of ether oxygens (including phenoxy) is 2. The van der Waals surface area contributed by atoms with Gasteiger partial charge in [0, 0.05) is 11.3 Å². The number of amides is 1. The molecule has 0 fully saturated rings. The molecule has 0 saturated carbocycles. The molecule has 0 aliphatic carbocycles. The largest absolute Gasteiger partial charge is 0.465 e. The summed E-state index contributed by atoms with van der Waals surface area (Å²) >= 11 is 0. The number of aromatic nitrogens is 2. The fourth-order valence-corrected chi connectivity index (χ4v) is 2.37. The van der Waals surface area contributed by atoms with Crippen LogP contribution in [0, 0.1) is 13.8 Å². The van der Waals surface area contributed by atoms with E-state index in [9.17, 15) is 14.4 Å². The van der Waals surface area contributed by atoms with Crippen LogP contribution in [0.4, 0.5) is 5.69 Å². The van der Waals surface area contributed by atoms with E-state index in [4.69, 9.17) is 4.74 Å². The molecule has 0 bridgehead atoms. The maximum Gasteiger partial charge on any atom is 0.339 e. The van der Waals surface area contributed by atoms with Gasteiger partial charge < -0.3 is 14.8 Å². The van der Waals surface area contributed by atoms with Gasteiger partial charge in [-0.05, 0) is 32.0 Å². The van der Waals surface area contributed by atoms with Crippen molar-refractivity contribution in [1.82, 2.24) is 10.2 Å². The summed E-state index contributed by atoms with van der Waals surface area (Å²) in [5, 5.41) is 9.50. The predicted molar refractivity (Wildman–Crippen MR) is 89.5 cm³/mol. The smallest absolute Gasteiger partial charge is 0.339 e. The van der Waals surface area contributed by atoms with Gasteiger partial charge in [0.25, 0.3) is 0 Å². The Morgan fingerprint density at radius 2 is 1.80 bits per heavy atom. The monoisotopic (exact) mass is 345 g/mol. The lowest BCUT2D eigenvalue weighted by atomic mass is 10.1. The van der Waals surface area contributed by atoms with E-state index in [2.05, 4.69) is 20.3 Å². The molecule has 2 rings (SSSR count). The molecule has 0 atom stereocenters. The molecular formula is C17H19N3O5. The minimum atomic E-state index is -0.623. The molecule has 1 aromatic heterocycles. The van der Waals surface area contributed by atoms with Crippen molar-refractivity contribution in [3.63, 3.8) is 0 Å². The van der Waals surface area contributed by atoms with Gasteiger partial charge in [-0.15, -0.1) is 0 Å². The average Bonchev–Trinajstić information content (AvgIpc) is 2.92. The summed E-state index contributed by atoms with van der Waals surface area (Å²) < 4.78 is 9.37. The van der Waals surface area contributed by atoms with Crippen LogP contribution in [0.5, 0.6) is 0 Å². The van der Waals surface area contributed by atoms with E-state index < -0.39 is 11.9 Å². The zero-order chi connectivity index (χ0) is 18.6. The fraction of sp³-hybridized carbons (Fsp3) is 0.294. The third kappa shape index (κ3) is 4.03. The minimum absolute atomic E-state index is 0.0806. The molecule has 1 aromatic carbocycles. The van der Waals surface area contributed by atoms with Crippen LogP contribution in [0.2, 0.25) is 0 Å². The van der Waals surface area contributed by atoms with Crippen LogP contribution in [0.25, 0.3) is 0 Å². The van der Waals surface area contributed by atoms with Gasteiger partial charge in [-0.2, -0.15) is 5.10 Å². The highest BCUT2D eigenvalue weighted by Gasteiger charge is 2.18. The second-order valence-electron chi connectivity index (χ2n) is 5.38. The van der Waals surface area contributed by atoms with Crippen molar-refractivity contribution in [1.29, 1.82) is 0 Å². The Morgan fingerprint density at radius 3 is 2.36 bits per heavy atom. The highest BCUT2D eigenvalue weighted by Crippen LogP contribution is 2.20. The Morgan fingerprint density at radius 1 is 1.12 bits per heavy atom. The average molecular weight is 345 g/mol. The first-order valence-electron chi connectivity index (χ1n) is 7.48. The Bertz CT molecular complexity index is 806. The predicted octanol–water partition coefficient (Wildman–Crippen LogP) is 1.78. The third-order valence-electron chi connectivity index (χ3n) is 3.74. The molecule has 2 N–H and O–H groups in total. The molecule has 2 aromatic rings. The molecule has 0 unspecified atom stereocenters. The van der Waals surface area contributed by atoms with Crippen LogP contribution in [0.1, 0.15) is 37.7 Å². The first-order valence-corrected chi connectivity index (χ1v) is 7.48. The summed E-state index contributed by atoms with van der Waals surface area (Å²) in [6.07, 6.45) is 0.0806. The van der Waals surface area contributed by atoms with Gasteiger partial charge in [0.1, 0.15) is 0 Å². The molecule has 25 heavy (non-hydrogen) atoms. The van der Waals surface area contributed by atoms with E-state index in [0.29, 0.717) is 0 Å². The Hall–Kier alpha value is -3.16. The molecule has 0 radical (unpaired) electrons. The maximum atomic E-state index is 12.4. The van der Waals surface area contributed by atoms with Crippen LogP contribution in [-0.4, -0.2) is 42.3 Å². The third-order valence-corrected chi connectivity index (χ3v) is 3.74. The molecule has 8 heteroatoms. The maximum absolute atomic E-state index is 12.4. The number of benzene rings is 1. The number of esters is 2. The number of aryl methyl sites for hydroxylation is 2. The second-order valence-corrected chi connectivity index (χ2v) is 5.38. The standard InChI is InChI=1S/C17H19N3O5/c1-9-13(10(2)20-19-9)8-15(21)18-14-7-11(16(22)24-3)5-6-12(14)17(23)25-4/h5-7H,8H2,1-4H3,(H,18,21)(H,19,20). The van der Waals surface area contributed by atoms with E-state index in [1.54, 1.807) is 6.92 Å². The van der Waals surface area contributed by atoms with Crippen molar-refractivity contribution in [2.45, 2.75) is 20.3 Å². The van der Waals surface area contributed by atoms with E-state index in [1.165, 1.54) is 32.4 Å². The van der Waals surface area contributed by atoms with Crippen molar-refractivity contribution < 1.29 is 23.9 Å². The Kier molecular flexibility index (Phi) is 5.53. The number of H-pyrrole nitrogens is 1. The van der Waals surface area contributed by atoms with Crippen LogP contribution in [0.15, 0.2) is 18.2 Å². The summed E-state index contributed by atoms with van der Waals surface area (Å²) in [6.45, 7) is 3.62. The number of methoxy groups -OCH3 is 2. The Labute approximate surface area is 144 Å². The van der Waals surface area contributed by atoms with Crippen LogP contribution in [-0.2, 0) is 20.7 Å². The molecule has 0 aliphatic heterocycles. The molecule has 0 spiro atoms. The highest BCUT2D eigenvalue weighted by molar-refractivity contribution is 6.03. The highest BCUT2D eigenvalue weighted by atomic mass is 16.5. The molecule has 8 nitrogen and oxygen atoms in total. The van der Waals surface area contributed by atoms with Crippen LogP contribution in [0.3, 0.4) is 0 Å². The fourth-order valence-electron chi connectivity index (χ4n) is 2.37. The summed E-state index contributed by atoms with van der Waals surface area (Å²) in [7, 11) is 2.49. The van der Waals surface area contributed by atoms with Gasteiger partial charge in [-0.25, -0.2) is 9.59 Å². The number of anilines is 1. The van der Waals surface area contributed by atoms with Gasteiger partial charge in [-0.1, -0.05) is 0 Å². The van der Waals surface area contributed by atoms with Crippen molar-refractivity contribution in [3.8, 4) is 0 Å². The van der Waals surface area contributed by atoms with Crippen molar-refractivity contribution in [2.24, 2.45) is 0 Å². The number of nitrogens with zero attached hydrogens (tertiary/aromatic N) is 1. The zero-order valence-corrected chi connectivity index (χ0v) is 14.4. The lowest BCUT2D eigenvalue weighted by Crippen LogP contribution is -2.18.